The maximum Gasteiger partial charge on any atom is 0.295 e. The van der Waals surface area contributed by atoms with E-state index in [1.54, 1.807) is 14.1 Å². The Balaban J connectivity index is 2.75. The molecule has 1 aliphatic rings. The van der Waals surface area contributed by atoms with Gasteiger partial charge in [-0.3, -0.25) is 14.9 Å². The first-order valence-electron chi connectivity index (χ1n) is 4.22. The second-order valence-electron chi connectivity index (χ2n) is 3.01. The van der Waals surface area contributed by atoms with Gasteiger partial charge in [0.1, 0.15) is 0 Å². The summed E-state index contributed by atoms with van der Waals surface area (Å²) in [5.41, 5.74) is 0.0326. The summed E-state index contributed by atoms with van der Waals surface area (Å²) in [6, 6.07) is 0. The molecular weight excluding hydrogens is 186 g/mol. The first-order chi connectivity index (χ1) is 6.57. The SMILES string of the molecule is CNCCN(C)C1=C(O)C(=O)NC1=O. The summed E-state index contributed by atoms with van der Waals surface area (Å²) in [5, 5.41) is 14.2. The summed E-state index contributed by atoms with van der Waals surface area (Å²) in [6.07, 6.45) is 0. The minimum atomic E-state index is -0.735. The number of hydrogen-bond donors (Lipinski definition) is 3. The number of nitrogens with one attached hydrogen (secondary N) is 2. The monoisotopic (exact) mass is 199 g/mol. The van der Waals surface area contributed by atoms with Crippen LogP contribution in [0.2, 0.25) is 0 Å². The number of hydrogen-bond acceptors (Lipinski definition) is 5. The molecule has 0 saturated carbocycles. The van der Waals surface area contributed by atoms with Gasteiger partial charge in [-0.05, 0) is 7.05 Å². The van der Waals surface area contributed by atoms with Gasteiger partial charge in [-0.1, -0.05) is 0 Å². The fourth-order valence-corrected chi connectivity index (χ4v) is 1.18. The van der Waals surface area contributed by atoms with E-state index in [4.69, 9.17) is 0 Å². The van der Waals surface area contributed by atoms with E-state index in [2.05, 4.69) is 5.32 Å². The van der Waals surface area contributed by atoms with Crippen molar-refractivity contribution in [3.8, 4) is 0 Å². The van der Waals surface area contributed by atoms with Crippen LogP contribution in [-0.4, -0.2) is 49.0 Å². The highest BCUT2D eigenvalue weighted by molar-refractivity contribution is 6.17. The lowest BCUT2D eigenvalue weighted by molar-refractivity contribution is -0.125. The van der Waals surface area contributed by atoms with E-state index in [1.807, 2.05) is 5.32 Å². The molecule has 0 saturated heterocycles. The topological polar surface area (TPSA) is 81.7 Å². The van der Waals surface area contributed by atoms with Crippen molar-refractivity contribution in [2.24, 2.45) is 0 Å². The molecular formula is C8H13N3O3. The van der Waals surface area contributed by atoms with Crippen molar-refractivity contribution < 1.29 is 14.7 Å². The maximum absolute atomic E-state index is 11.2. The molecule has 78 valence electrons. The zero-order valence-corrected chi connectivity index (χ0v) is 8.13. The molecule has 1 heterocycles. The Kier molecular flexibility index (Phi) is 3.08. The minimum Gasteiger partial charge on any atom is -0.501 e. The molecule has 2 amide bonds. The Morgan fingerprint density at radius 3 is 2.50 bits per heavy atom. The molecule has 14 heavy (non-hydrogen) atoms. The summed E-state index contributed by atoms with van der Waals surface area (Å²) < 4.78 is 0. The van der Waals surface area contributed by atoms with Gasteiger partial charge in [0.05, 0.1) is 0 Å². The lowest BCUT2D eigenvalue weighted by atomic mass is 10.3. The first-order valence-corrected chi connectivity index (χ1v) is 4.22. The van der Waals surface area contributed by atoms with Gasteiger partial charge < -0.3 is 15.3 Å². The van der Waals surface area contributed by atoms with Crippen LogP contribution in [0.1, 0.15) is 0 Å². The van der Waals surface area contributed by atoms with E-state index in [0.29, 0.717) is 13.1 Å². The maximum atomic E-state index is 11.2. The fourth-order valence-electron chi connectivity index (χ4n) is 1.18. The van der Waals surface area contributed by atoms with Crippen molar-refractivity contribution in [2.45, 2.75) is 0 Å². The number of aliphatic hydroxyl groups excluding tert-OH is 1. The molecule has 0 radical (unpaired) electrons. The Hall–Kier alpha value is -1.56. The number of rotatable bonds is 4. The third kappa shape index (κ3) is 1.85. The average molecular weight is 199 g/mol. The average Bonchev–Trinajstić information content (AvgIpc) is 2.38. The summed E-state index contributed by atoms with van der Waals surface area (Å²) in [7, 11) is 3.42. The molecule has 1 rings (SSSR count). The van der Waals surface area contributed by atoms with Gasteiger partial charge in [0.15, 0.2) is 5.70 Å². The normalized spacial score (nSPS) is 16.1. The number of nitrogens with zero attached hydrogens (tertiary/aromatic N) is 1. The second-order valence-corrected chi connectivity index (χ2v) is 3.01. The Bertz CT molecular complexity index is 298. The lowest BCUT2D eigenvalue weighted by Crippen LogP contribution is -2.32. The Morgan fingerprint density at radius 2 is 2.07 bits per heavy atom. The predicted molar refractivity (Wildman–Crippen MR) is 49.4 cm³/mol. The molecule has 1 aliphatic heterocycles. The molecule has 0 aromatic carbocycles. The van der Waals surface area contributed by atoms with Crippen molar-refractivity contribution >= 4 is 11.8 Å². The van der Waals surface area contributed by atoms with Crippen LogP contribution in [0.5, 0.6) is 0 Å². The molecule has 6 heteroatoms. The van der Waals surface area contributed by atoms with Crippen LogP contribution in [0, 0.1) is 0 Å². The largest absolute Gasteiger partial charge is 0.501 e. The van der Waals surface area contributed by atoms with Crippen molar-refractivity contribution in [3.63, 3.8) is 0 Å². The van der Waals surface area contributed by atoms with Crippen LogP contribution in [0.15, 0.2) is 11.5 Å². The molecule has 0 fully saturated rings. The van der Waals surface area contributed by atoms with Crippen LogP contribution >= 0.6 is 0 Å². The van der Waals surface area contributed by atoms with Crippen LogP contribution < -0.4 is 10.6 Å². The number of aliphatic hydroxyl groups is 1. The van der Waals surface area contributed by atoms with Crippen LogP contribution in [0.4, 0.5) is 0 Å². The molecule has 0 unspecified atom stereocenters. The van der Waals surface area contributed by atoms with Crippen molar-refractivity contribution in [2.75, 3.05) is 27.2 Å². The van der Waals surface area contributed by atoms with E-state index < -0.39 is 17.6 Å². The van der Waals surface area contributed by atoms with Gasteiger partial charge in [-0.2, -0.15) is 0 Å². The van der Waals surface area contributed by atoms with Gasteiger partial charge in [-0.25, -0.2) is 0 Å². The summed E-state index contributed by atoms with van der Waals surface area (Å²) in [5.74, 6) is -1.79. The van der Waals surface area contributed by atoms with Gasteiger partial charge in [-0.15, -0.1) is 0 Å². The quantitative estimate of drug-likeness (QED) is 0.483. The Labute approximate surface area is 81.6 Å². The van der Waals surface area contributed by atoms with Crippen LogP contribution in [-0.2, 0) is 9.59 Å². The van der Waals surface area contributed by atoms with Crippen molar-refractivity contribution in [3.05, 3.63) is 11.5 Å². The molecule has 0 aliphatic carbocycles. The van der Waals surface area contributed by atoms with Gasteiger partial charge in [0, 0.05) is 20.1 Å². The van der Waals surface area contributed by atoms with Crippen LogP contribution in [0.25, 0.3) is 0 Å². The van der Waals surface area contributed by atoms with E-state index >= 15 is 0 Å². The van der Waals surface area contributed by atoms with Crippen molar-refractivity contribution in [1.82, 2.24) is 15.5 Å². The molecule has 0 bridgehead atoms. The summed E-state index contributed by atoms with van der Waals surface area (Å²) in [4.78, 5) is 23.6. The summed E-state index contributed by atoms with van der Waals surface area (Å²) >= 11 is 0. The number of carbonyl (C=O) groups is 2. The zero-order valence-electron chi connectivity index (χ0n) is 8.13. The zero-order chi connectivity index (χ0) is 10.7. The smallest absolute Gasteiger partial charge is 0.295 e. The molecule has 0 atom stereocenters. The highest BCUT2D eigenvalue weighted by Gasteiger charge is 2.32. The second kappa shape index (κ2) is 4.10. The standard InChI is InChI=1S/C8H13N3O3/c1-9-3-4-11(2)5-6(12)8(14)10-7(5)13/h9H,3-4H2,1-2H3,(H2,10,12,13,14). The predicted octanol–water partition coefficient (Wildman–Crippen LogP) is -1.44. The number of carbonyl (C=O) groups excluding carboxylic acids is 2. The summed E-state index contributed by atoms with van der Waals surface area (Å²) in [6.45, 7) is 1.20. The first kappa shape index (κ1) is 10.5. The fraction of sp³-hybridized carbons (Fsp3) is 0.500. The van der Waals surface area contributed by atoms with E-state index in [9.17, 15) is 14.7 Å². The number of imide groups is 1. The van der Waals surface area contributed by atoms with E-state index in [1.165, 1.54) is 4.90 Å². The lowest BCUT2D eigenvalue weighted by Gasteiger charge is -2.17. The van der Waals surface area contributed by atoms with E-state index in [0.717, 1.165) is 0 Å². The van der Waals surface area contributed by atoms with E-state index in [-0.39, 0.29) is 5.70 Å². The highest BCUT2D eigenvalue weighted by atomic mass is 16.3. The third-order valence-electron chi connectivity index (χ3n) is 1.96. The van der Waals surface area contributed by atoms with Crippen LogP contribution in [0.3, 0.4) is 0 Å². The van der Waals surface area contributed by atoms with Gasteiger partial charge >= 0.3 is 0 Å². The number of amides is 2. The Morgan fingerprint density at radius 1 is 1.43 bits per heavy atom. The molecule has 0 aromatic heterocycles. The van der Waals surface area contributed by atoms with Gasteiger partial charge in [0.25, 0.3) is 11.8 Å². The molecule has 0 aromatic rings. The molecule has 6 nitrogen and oxygen atoms in total. The molecule has 3 N–H and O–H groups in total. The van der Waals surface area contributed by atoms with Crippen molar-refractivity contribution in [1.29, 1.82) is 0 Å². The third-order valence-corrected chi connectivity index (χ3v) is 1.96. The minimum absolute atomic E-state index is 0.0326. The number of likely N-dealkylation sites (N-methyl/N-ethyl adjacent to an activating group) is 2. The van der Waals surface area contributed by atoms with Gasteiger partial charge in [0.2, 0.25) is 5.76 Å². The molecule has 0 spiro atoms. The highest BCUT2D eigenvalue weighted by Crippen LogP contribution is 2.12.